The molecular weight excluding hydrogens is 638 g/mol. The SMILES string of the molecule is C=CCNC(=O)C(=O)C(CC1CC1)NC(=O)[C@@H]1CCCN1C(=O)[C@@H](NC(=O)[C@@H](NC(=O)c1cnccn1)C1CCCCC1)C1(C)CCCCC1. The largest absolute Gasteiger partial charge is 0.346 e. The summed E-state index contributed by atoms with van der Waals surface area (Å²) in [5.74, 6) is -3.05. The Morgan fingerprint density at radius 1 is 0.920 bits per heavy atom. The molecule has 0 bridgehead atoms. The Morgan fingerprint density at radius 2 is 1.64 bits per heavy atom. The van der Waals surface area contributed by atoms with Gasteiger partial charge in [0.2, 0.25) is 23.5 Å². The Bertz CT molecular complexity index is 1400. The average Bonchev–Trinajstić information content (AvgIpc) is 3.82. The quantitative estimate of drug-likeness (QED) is 0.160. The first-order chi connectivity index (χ1) is 24.1. The molecule has 1 aliphatic heterocycles. The summed E-state index contributed by atoms with van der Waals surface area (Å²) in [4.78, 5) is 91.3. The third kappa shape index (κ3) is 9.33. The van der Waals surface area contributed by atoms with Gasteiger partial charge in [0.1, 0.15) is 23.8 Å². The van der Waals surface area contributed by atoms with Crippen molar-refractivity contribution < 1.29 is 28.8 Å². The van der Waals surface area contributed by atoms with E-state index >= 15 is 0 Å². The number of likely N-dealkylation sites (tertiary alicyclic amines) is 1. The van der Waals surface area contributed by atoms with E-state index in [0.717, 1.165) is 77.0 Å². The third-order valence-corrected chi connectivity index (χ3v) is 11.1. The van der Waals surface area contributed by atoms with Crippen LogP contribution in [0, 0.1) is 17.3 Å². The van der Waals surface area contributed by atoms with Crippen molar-refractivity contribution in [2.24, 2.45) is 17.3 Å². The van der Waals surface area contributed by atoms with Gasteiger partial charge in [0.05, 0.1) is 12.2 Å². The second kappa shape index (κ2) is 17.2. The Labute approximate surface area is 294 Å². The molecule has 1 saturated heterocycles. The van der Waals surface area contributed by atoms with E-state index in [0.29, 0.717) is 25.8 Å². The number of aromatic nitrogens is 2. The van der Waals surface area contributed by atoms with Crippen LogP contribution in [0.15, 0.2) is 31.2 Å². The molecule has 0 aromatic carbocycles. The first-order valence-electron chi connectivity index (χ1n) is 18.5. The van der Waals surface area contributed by atoms with Gasteiger partial charge in [-0.2, -0.15) is 0 Å². The van der Waals surface area contributed by atoms with E-state index in [-0.39, 0.29) is 30.0 Å². The Kier molecular flexibility index (Phi) is 12.7. The molecule has 4 aliphatic rings. The van der Waals surface area contributed by atoms with E-state index in [2.05, 4.69) is 37.8 Å². The molecule has 3 saturated carbocycles. The van der Waals surface area contributed by atoms with Gasteiger partial charge in [-0.1, -0.05) is 64.4 Å². The van der Waals surface area contributed by atoms with E-state index in [9.17, 15) is 28.8 Å². The predicted molar refractivity (Wildman–Crippen MR) is 185 cm³/mol. The number of rotatable bonds is 15. The highest BCUT2D eigenvalue weighted by atomic mass is 16.2. The number of Topliss-reactive ketones (excluding diaryl/α,β-unsaturated/α-hetero) is 1. The zero-order valence-corrected chi connectivity index (χ0v) is 29.3. The molecule has 50 heavy (non-hydrogen) atoms. The molecule has 4 fully saturated rings. The lowest BCUT2D eigenvalue weighted by Gasteiger charge is -2.43. The highest BCUT2D eigenvalue weighted by Crippen LogP contribution is 2.41. The third-order valence-electron chi connectivity index (χ3n) is 11.1. The molecule has 1 aromatic heterocycles. The van der Waals surface area contributed by atoms with E-state index in [4.69, 9.17) is 0 Å². The molecule has 1 aromatic rings. The van der Waals surface area contributed by atoms with Crippen LogP contribution in [0.25, 0.3) is 0 Å². The van der Waals surface area contributed by atoms with Crippen LogP contribution < -0.4 is 21.3 Å². The summed E-state index contributed by atoms with van der Waals surface area (Å²) in [5, 5.41) is 11.4. The lowest BCUT2D eigenvalue weighted by Crippen LogP contribution is -2.63. The van der Waals surface area contributed by atoms with Crippen molar-refractivity contribution in [3.63, 3.8) is 0 Å². The molecular formula is C37H53N7O6. The Morgan fingerprint density at radius 3 is 2.30 bits per heavy atom. The van der Waals surface area contributed by atoms with E-state index < -0.39 is 59.0 Å². The maximum absolute atomic E-state index is 14.7. The normalized spacial score (nSPS) is 22.3. The summed E-state index contributed by atoms with van der Waals surface area (Å²) >= 11 is 0. The number of ketones is 1. The van der Waals surface area contributed by atoms with Gasteiger partial charge in [-0.15, -0.1) is 6.58 Å². The van der Waals surface area contributed by atoms with E-state index in [1.165, 1.54) is 24.7 Å². The van der Waals surface area contributed by atoms with Crippen molar-refractivity contribution in [1.29, 1.82) is 0 Å². The monoisotopic (exact) mass is 691 g/mol. The minimum Gasteiger partial charge on any atom is -0.346 e. The molecule has 0 spiro atoms. The molecule has 4 atom stereocenters. The zero-order valence-electron chi connectivity index (χ0n) is 29.3. The van der Waals surface area contributed by atoms with Crippen LogP contribution in [0.4, 0.5) is 0 Å². The number of carbonyl (C=O) groups excluding carboxylic acids is 6. The van der Waals surface area contributed by atoms with Gasteiger partial charge in [0.25, 0.3) is 11.8 Å². The maximum atomic E-state index is 14.7. The summed E-state index contributed by atoms with van der Waals surface area (Å²) < 4.78 is 0. The van der Waals surface area contributed by atoms with Crippen LogP contribution in [-0.2, 0) is 24.0 Å². The predicted octanol–water partition coefficient (Wildman–Crippen LogP) is 2.76. The van der Waals surface area contributed by atoms with Gasteiger partial charge in [0.15, 0.2) is 0 Å². The zero-order chi connectivity index (χ0) is 35.7. The van der Waals surface area contributed by atoms with Crippen LogP contribution in [0.5, 0.6) is 0 Å². The molecule has 5 amide bonds. The first-order valence-corrected chi connectivity index (χ1v) is 18.5. The maximum Gasteiger partial charge on any atom is 0.289 e. The van der Waals surface area contributed by atoms with Crippen LogP contribution in [0.2, 0.25) is 0 Å². The minimum atomic E-state index is -0.988. The standard InChI is InChI=1S/C37H53N7O6/c1-3-18-40-35(49)30(45)26(22-24-14-15-24)41-33(47)28-13-10-21-44(28)36(50)31(37(2)16-8-5-9-17-37)43-34(48)29(25-11-6-4-7-12-25)42-32(46)27-23-38-19-20-39-27/h3,19-20,23-26,28-29,31H,1,4-18,21-22H2,2H3,(H,40,49)(H,41,47)(H,42,46)(H,43,48)/t26?,28-,29-,31+/m0/s1. The van der Waals surface area contributed by atoms with Crippen LogP contribution >= 0.6 is 0 Å². The summed E-state index contributed by atoms with van der Waals surface area (Å²) in [6.07, 6.45) is 17.8. The number of nitrogens with zero attached hydrogens (tertiary/aromatic N) is 3. The van der Waals surface area contributed by atoms with Crippen LogP contribution in [0.1, 0.15) is 114 Å². The summed E-state index contributed by atoms with van der Waals surface area (Å²) in [7, 11) is 0. The smallest absolute Gasteiger partial charge is 0.289 e. The van der Waals surface area contributed by atoms with Gasteiger partial charge in [-0.05, 0) is 62.2 Å². The van der Waals surface area contributed by atoms with Crippen molar-refractivity contribution in [3.8, 4) is 0 Å². The molecule has 2 heterocycles. The summed E-state index contributed by atoms with van der Waals surface area (Å²) in [5.41, 5.74) is -0.454. The lowest BCUT2D eigenvalue weighted by molar-refractivity contribution is -0.146. The molecule has 5 rings (SSSR count). The average molecular weight is 692 g/mol. The van der Waals surface area contributed by atoms with Gasteiger partial charge < -0.3 is 26.2 Å². The number of carbonyl (C=O) groups is 6. The van der Waals surface area contributed by atoms with E-state index in [1.807, 2.05) is 6.92 Å². The molecule has 13 heteroatoms. The minimum absolute atomic E-state index is 0.103. The molecule has 4 N–H and O–H groups in total. The molecule has 1 unspecified atom stereocenters. The number of hydrogen-bond acceptors (Lipinski definition) is 8. The number of nitrogens with one attached hydrogen (secondary N) is 4. The fraction of sp³-hybridized carbons (Fsp3) is 0.676. The van der Waals surface area contributed by atoms with Gasteiger partial charge in [-0.3, -0.25) is 33.8 Å². The highest BCUT2D eigenvalue weighted by molar-refractivity contribution is 6.38. The molecule has 0 radical (unpaired) electrons. The fourth-order valence-corrected chi connectivity index (χ4v) is 7.98. The van der Waals surface area contributed by atoms with Gasteiger partial charge >= 0.3 is 0 Å². The van der Waals surface area contributed by atoms with Gasteiger partial charge in [-0.25, -0.2) is 4.98 Å². The topological polar surface area (TPSA) is 180 Å². The molecule has 13 nitrogen and oxygen atoms in total. The Balaban J connectivity index is 1.35. The van der Waals surface area contributed by atoms with Crippen LogP contribution in [-0.4, -0.2) is 87.4 Å². The van der Waals surface area contributed by atoms with Crippen molar-refractivity contribution >= 4 is 35.3 Å². The summed E-state index contributed by atoms with van der Waals surface area (Å²) in [6.45, 7) is 6.06. The van der Waals surface area contributed by atoms with Crippen molar-refractivity contribution in [1.82, 2.24) is 36.1 Å². The summed E-state index contributed by atoms with van der Waals surface area (Å²) in [6, 6.07) is -3.62. The number of amides is 5. The highest BCUT2D eigenvalue weighted by Gasteiger charge is 2.48. The molecule has 3 aliphatic carbocycles. The fourth-order valence-electron chi connectivity index (χ4n) is 7.98. The number of hydrogen-bond donors (Lipinski definition) is 4. The first kappa shape index (κ1) is 37.1. The van der Waals surface area contributed by atoms with Crippen molar-refractivity contribution in [3.05, 3.63) is 36.9 Å². The van der Waals surface area contributed by atoms with E-state index in [1.54, 1.807) is 4.90 Å². The van der Waals surface area contributed by atoms with Crippen molar-refractivity contribution in [2.75, 3.05) is 13.1 Å². The Hall–Kier alpha value is -4.16. The molecule has 272 valence electrons. The van der Waals surface area contributed by atoms with Crippen molar-refractivity contribution in [2.45, 2.75) is 127 Å². The van der Waals surface area contributed by atoms with Gasteiger partial charge in [0, 0.05) is 25.5 Å². The second-order valence-electron chi connectivity index (χ2n) is 14.9. The van der Waals surface area contributed by atoms with Crippen LogP contribution in [0.3, 0.4) is 0 Å². The second-order valence-corrected chi connectivity index (χ2v) is 14.9. The lowest BCUT2D eigenvalue weighted by atomic mass is 9.69.